The minimum Gasteiger partial charge on any atom is -0.438 e. The Hall–Kier alpha value is -0.780. The second-order valence-corrected chi connectivity index (χ2v) is 4.17. The molecule has 5 nitrogen and oxygen atoms in total. The molecule has 1 fully saturated rings. The van der Waals surface area contributed by atoms with Crippen LogP contribution >= 0.6 is 24.8 Å². The van der Waals surface area contributed by atoms with E-state index in [-0.39, 0.29) is 30.7 Å². The van der Waals surface area contributed by atoms with E-state index >= 15 is 0 Å². The molecule has 1 aromatic heterocycles. The monoisotopic (exact) mass is 295 g/mol. The summed E-state index contributed by atoms with van der Waals surface area (Å²) in [6.45, 7) is 4.63. The van der Waals surface area contributed by atoms with Gasteiger partial charge >= 0.3 is 0 Å². The zero-order valence-corrected chi connectivity index (χ0v) is 11.9. The van der Waals surface area contributed by atoms with Crippen molar-refractivity contribution in [2.45, 2.75) is 19.8 Å². The van der Waals surface area contributed by atoms with Gasteiger partial charge in [-0.25, -0.2) is 4.98 Å². The lowest BCUT2D eigenvalue weighted by Crippen LogP contribution is -2.26. The fourth-order valence-electron chi connectivity index (χ4n) is 1.95. The van der Waals surface area contributed by atoms with Gasteiger partial charge in [0.05, 0.1) is 5.69 Å². The molecule has 1 aliphatic rings. The van der Waals surface area contributed by atoms with Crippen LogP contribution in [0.1, 0.15) is 29.1 Å². The molecule has 1 aromatic rings. The van der Waals surface area contributed by atoms with E-state index in [2.05, 4.69) is 15.6 Å². The van der Waals surface area contributed by atoms with E-state index in [4.69, 9.17) is 4.42 Å². The lowest BCUT2D eigenvalue weighted by Gasteiger charge is -2.08. The Morgan fingerprint density at radius 3 is 2.94 bits per heavy atom. The largest absolute Gasteiger partial charge is 0.438 e. The van der Waals surface area contributed by atoms with Gasteiger partial charge in [0, 0.05) is 6.54 Å². The van der Waals surface area contributed by atoms with E-state index in [0.717, 1.165) is 19.5 Å². The first-order chi connectivity index (χ1) is 7.77. The number of carbonyl (C=O) groups is 1. The molecule has 1 amide bonds. The maximum absolute atomic E-state index is 11.6. The molecule has 0 aliphatic carbocycles. The second kappa shape index (κ2) is 8.34. The van der Waals surface area contributed by atoms with Crippen LogP contribution in [0.5, 0.6) is 0 Å². The number of aromatic nitrogens is 1. The van der Waals surface area contributed by atoms with E-state index < -0.39 is 0 Å². The normalized spacial score (nSPS) is 17.7. The number of hydrogen-bond donors (Lipinski definition) is 2. The Morgan fingerprint density at radius 1 is 1.61 bits per heavy atom. The predicted molar refractivity (Wildman–Crippen MR) is 73.7 cm³/mol. The molecule has 0 spiro atoms. The first-order valence-electron chi connectivity index (χ1n) is 5.66. The molecule has 18 heavy (non-hydrogen) atoms. The zero-order valence-electron chi connectivity index (χ0n) is 10.3. The first kappa shape index (κ1) is 17.2. The number of oxazole rings is 1. The van der Waals surface area contributed by atoms with Crippen LogP contribution in [0.3, 0.4) is 0 Å². The molecule has 7 heteroatoms. The lowest BCUT2D eigenvalue weighted by molar-refractivity contribution is 0.0923. The van der Waals surface area contributed by atoms with Gasteiger partial charge in [-0.1, -0.05) is 0 Å². The van der Waals surface area contributed by atoms with Gasteiger partial charge < -0.3 is 15.1 Å². The fraction of sp³-hybridized carbons (Fsp3) is 0.636. The quantitative estimate of drug-likeness (QED) is 0.885. The molecule has 1 unspecified atom stereocenters. The number of amides is 1. The molecule has 1 aliphatic heterocycles. The first-order valence-corrected chi connectivity index (χ1v) is 5.66. The molecule has 2 rings (SSSR count). The molecule has 0 saturated carbocycles. The molecule has 104 valence electrons. The summed E-state index contributed by atoms with van der Waals surface area (Å²) in [7, 11) is 0. The molecule has 0 aromatic carbocycles. The Balaban J connectivity index is 0.00000144. The van der Waals surface area contributed by atoms with Crippen molar-refractivity contribution >= 4 is 30.7 Å². The summed E-state index contributed by atoms with van der Waals surface area (Å²) in [5, 5.41) is 6.16. The predicted octanol–water partition coefficient (Wildman–Crippen LogP) is 1.56. The average Bonchev–Trinajstić information content (AvgIpc) is 2.88. The summed E-state index contributed by atoms with van der Waals surface area (Å²) in [6, 6.07) is 0. The number of nitrogens with one attached hydrogen (secondary N) is 2. The number of carbonyl (C=O) groups excluding carboxylic acids is 1. The summed E-state index contributed by atoms with van der Waals surface area (Å²) in [5.74, 6) is 0.849. The maximum Gasteiger partial charge on any atom is 0.288 e. The van der Waals surface area contributed by atoms with Crippen molar-refractivity contribution in [3.63, 3.8) is 0 Å². The molecule has 1 saturated heterocycles. The van der Waals surface area contributed by atoms with Crippen molar-refractivity contribution in [2.24, 2.45) is 5.92 Å². The molecule has 2 N–H and O–H groups in total. The van der Waals surface area contributed by atoms with Crippen molar-refractivity contribution < 1.29 is 9.21 Å². The summed E-state index contributed by atoms with van der Waals surface area (Å²) >= 11 is 0. The summed E-state index contributed by atoms with van der Waals surface area (Å²) in [6.07, 6.45) is 3.52. The van der Waals surface area contributed by atoms with Crippen molar-refractivity contribution in [1.82, 2.24) is 15.6 Å². The van der Waals surface area contributed by atoms with E-state index in [0.29, 0.717) is 23.9 Å². The molecule has 1 atom stereocenters. The molecular formula is C11H19Cl2N3O2. The molecular weight excluding hydrogens is 277 g/mol. The smallest absolute Gasteiger partial charge is 0.288 e. The van der Waals surface area contributed by atoms with Crippen molar-refractivity contribution in [1.29, 1.82) is 0 Å². The Labute approximate surface area is 119 Å². The van der Waals surface area contributed by atoms with Crippen molar-refractivity contribution in [3.05, 3.63) is 17.8 Å². The van der Waals surface area contributed by atoms with Gasteiger partial charge in [-0.05, 0) is 38.8 Å². The van der Waals surface area contributed by atoms with Crippen LogP contribution in [0.2, 0.25) is 0 Å². The lowest BCUT2D eigenvalue weighted by atomic mass is 10.1. The summed E-state index contributed by atoms with van der Waals surface area (Å²) in [5.41, 5.74) is 0.639. The van der Waals surface area contributed by atoms with Gasteiger partial charge in [0.1, 0.15) is 0 Å². The fourth-order valence-corrected chi connectivity index (χ4v) is 1.95. The summed E-state index contributed by atoms with van der Waals surface area (Å²) < 4.78 is 5.01. The van der Waals surface area contributed by atoms with Gasteiger partial charge in [-0.3, -0.25) is 4.79 Å². The topological polar surface area (TPSA) is 67.2 Å². The molecule has 2 heterocycles. The van der Waals surface area contributed by atoms with Gasteiger partial charge in [0.15, 0.2) is 6.39 Å². The van der Waals surface area contributed by atoms with Gasteiger partial charge in [0.25, 0.3) is 5.91 Å². The highest BCUT2D eigenvalue weighted by molar-refractivity contribution is 5.92. The van der Waals surface area contributed by atoms with E-state index in [1.165, 1.54) is 12.8 Å². The van der Waals surface area contributed by atoms with Crippen LogP contribution in [0.15, 0.2) is 10.8 Å². The Morgan fingerprint density at radius 2 is 2.39 bits per heavy atom. The van der Waals surface area contributed by atoms with Crippen LogP contribution < -0.4 is 10.6 Å². The van der Waals surface area contributed by atoms with Crippen LogP contribution in [0.25, 0.3) is 0 Å². The highest BCUT2D eigenvalue weighted by Gasteiger charge is 2.16. The number of aryl methyl sites for hydroxylation is 1. The number of rotatable bonds is 4. The van der Waals surface area contributed by atoms with Crippen LogP contribution in [-0.2, 0) is 0 Å². The maximum atomic E-state index is 11.6. The summed E-state index contributed by atoms with van der Waals surface area (Å²) in [4.78, 5) is 15.5. The standard InChI is InChI=1S/C11H17N3O2.2ClH/c1-8-10(16-7-14-8)11(15)13-5-3-9-2-4-12-6-9;;/h7,9,12H,2-6H2,1H3,(H,13,15);2*1H. The third kappa shape index (κ3) is 4.48. The second-order valence-electron chi connectivity index (χ2n) is 4.17. The minimum absolute atomic E-state index is 0. The Bertz CT molecular complexity index is 365. The Kier molecular flexibility index (Phi) is 7.98. The number of nitrogens with zero attached hydrogens (tertiary/aromatic N) is 1. The van der Waals surface area contributed by atoms with E-state index in [1.54, 1.807) is 6.92 Å². The zero-order chi connectivity index (χ0) is 11.4. The van der Waals surface area contributed by atoms with E-state index in [9.17, 15) is 4.79 Å². The minimum atomic E-state index is -0.166. The average molecular weight is 296 g/mol. The van der Waals surface area contributed by atoms with Crippen LogP contribution in [0, 0.1) is 12.8 Å². The molecule has 0 radical (unpaired) electrons. The third-order valence-electron chi connectivity index (χ3n) is 2.95. The number of halogens is 2. The third-order valence-corrected chi connectivity index (χ3v) is 2.95. The van der Waals surface area contributed by atoms with E-state index in [1.807, 2.05) is 0 Å². The van der Waals surface area contributed by atoms with Gasteiger partial charge in [0.2, 0.25) is 5.76 Å². The highest BCUT2D eigenvalue weighted by atomic mass is 35.5. The van der Waals surface area contributed by atoms with Crippen LogP contribution in [-0.4, -0.2) is 30.5 Å². The van der Waals surface area contributed by atoms with Gasteiger partial charge in [-0.2, -0.15) is 0 Å². The van der Waals surface area contributed by atoms with Crippen molar-refractivity contribution in [2.75, 3.05) is 19.6 Å². The SMILES string of the molecule is Cc1ncoc1C(=O)NCCC1CCNC1.Cl.Cl. The number of hydrogen-bond acceptors (Lipinski definition) is 4. The molecule has 0 bridgehead atoms. The highest BCUT2D eigenvalue weighted by Crippen LogP contribution is 2.11. The van der Waals surface area contributed by atoms with Crippen LogP contribution in [0.4, 0.5) is 0 Å². The van der Waals surface area contributed by atoms with Crippen molar-refractivity contribution in [3.8, 4) is 0 Å². The van der Waals surface area contributed by atoms with Gasteiger partial charge in [-0.15, -0.1) is 24.8 Å².